The van der Waals surface area contributed by atoms with Crippen LogP contribution in [0.1, 0.15) is 30.5 Å². The Labute approximate surface area is 113 Å². The molecule has 0 spiro atoms. The van der Waals surface area contributed by atoms with Gasteiger partial charge in [0.25, 0.3) is 0 Å². The van der Waals surface area contributed by atoms with Crippen molar-refractivity contribution in [2.24, 2.45) is 0 Å². The maximum atomic E-state index is 11.8. The number of amides is 1. The molecule has 0 aromatic carbocycles. The van der Waals surface area contributed by atoms with E-state index in [4.69, 9.17) is 5.26 Å². The molecule has 5 nitrogen and oxygen atoms in total. The molecule has 1 aliphatic heterocycles. The lowest BCUT2D eigenvalue weighted by molar-refractivity contribution is -0.130. The molecule has 0 radical (unpaired) electrons. The van der Waals surface area contributed by atoms with E-state index in [0.29, 0.717) is 25.2 Å². The summed E-state index contributed by atoms with van der Waals surface area (Å²) in [5, 5.41) is 12.0. The third-order valence-electron chi connectivity index (χ3n) is 3.24. The number of nitrogens with one attached hydrogen (secondary N) is 1. The molecule has 1 N–H and O–H groups in total. The Morgan fingerprint density at radius 1 is 1.47 bits per heavy atom. The molecular weight excluding hydrogens is 240 g/mol. The van der Waals surface area contributed by atoms with Crippen LogP contribution >= 0.6 is 0 Å². The fraction of sp³-hybridized carbons (Fsp3) is 0.500. The van der Waals surface area contributed by atoms with Crippen molar-refractivity contribution >= 4 is 5.91 Å². The van der Waals surface area contributed by atoms with Crippen LogP contribution < -0.4 is 5.32 Å². The summed E-state index contributed by atoms with van der Waals surface area (Å²) in [5.74, 6) is 0.234. The van der Waals surface area contributed by atoms with Crippen LogP contribution in [-0.2, 0) is 11.3 Å². The summed E-state index contributed by atoms with van der Waals surface area (Å²) in [6, 6.07) is 5.64. The van der Waals surface area contributed by atoms with Crippen molar-refractivity contribution in [3.8, 4) is 6.07 Å². The molecule has 1 aromatic heterocycles. The number of hydrogen-bond donors (Lipinski definition) is 1. The Balaban J connectivity index is 1.68. The molecule has 1 aliphatic rings. The van der Waals surface area contributed by atoms with E-state index in [-0.39, 0.29) is 5.91 Å². The van der Waals surface area contributed by atoms with E-state index < -0.39 is 0 Å². The van der Waals surface area contributed by atoms with E-state index in [1.54, 1.807) is 12.3 Å². The maximum absolute atomic E-state index is 11.8. The molecule has 0 unspecified atom stereocenters. The molecule has 2 heterocycles. The SMILES string of the molecule is N#Cc1cc(CNCCC(=O)N2CCCC2)ccn1. The minimum atomic E-state index is 0.234. The highest BCUT2D eigenvalue weighted by Crippen LogP contribution is 2.08. The Hall–Kier alpha value is -1.93. The Bertz CT molecular complexity index is 475. The van der Waals surface area contributed by atoms with Gasteiger partial charge in [-0.25, -0.2) is 4.98 Å². The van der Waals surface area contributed by atoms with E-state index >= 15 is 0 Å². The van der Waals surface area contributed by atoms with Gasteiger partial charge < -0.3 is 10.2 Å². The van der Waals surface area contributed by atoms with Crippen molar-refractivity contribution in [1.29, 1.82) is 5.26 Å². The lowest BCUT2D eigenvalue weighted by Crippen LogP contribution is -2.30. The van der Waals surface area contributed by atoms with E-state index in [1.807, 2.05) is 17.0 Å². The molecule has 0 saturated carbocycles. The van der Waals surface area contributed by atoms with Gasteiger partial charge in [0.15, 0.2) is 0 Å². The highest BCUT2D eigenvalue weighted by atomic mass is 16.2. The topological polar surface area (TPSA) is 69.0 Å². The van der Waals surface area contributed by atoms with Crippen LogP contribution in [0.3, 0.4) is 0 Å². The Kier molecular flexibility index (Phi) is 4.87. The zero-order valence-corrected chi connectivity index (χ0v) is 10.9. The average Bonchev–Trinajstić information content (AvgIpc) is 2.98. The molecule has 1 amide bonds. The fourth-order valence-electron chi connectivity index (χ4n) is 2.20. The van der Waals surface area contributed by atoms with Crippen LogP contribution in [0.15, 0.2) is 18.3 Å². The average molecular weight is 258 g/mol. The zero-order valence-electron chi connectivity index (χ0n) is 10.9. The number of carbonyl (C=O) groups excluding carboxylic acids is 1. The zero-order chi connectivity index (χ0) is 13.5. The minimum Gasteiger partial charge on any atom is -0.343 e. The molecule has 0 aliphatic carbocycles. The van der Waals surface area contributed by atoms with E-state index in [9.17, 15) is 4.79 Å². The van der Waals surface area contributed by atoms with Gasteiger partial charge in [-0.15, -0.1) is 0 Å². The summed E-state index contributed by atoms with van der Waals surface area (Å²) < 4.78 is 0. The summed E-state index contributed by atoms with van der Waals surface area (Å²) in [6.07, 6.45) is 4.43. The summed E-state index contributed by atoms with van der Waals surface area (Å²) >= 11 is 0. The van der Waals surface area contributed by atoms with Crippen LogP contribution in [0.25, 0.3) is 0 Å². The molecule has 1 aromatic rings. The Morgan fingerprint density at radius 3 is 3.00 bits per heavy atom. The second-order valence-corrected chi connectivity index (χ2v) is 4.68. The maximum Gasteiger partial charge on any atom is 0.223 e. The molecule has 1 saturated heterocycles. The van der Waals surface area contributed by atoms with Gasteiger partial charge in [-0.3, -0.25) is 4.79 Å². The largest absolute Gasteiger partial charge is 0.343 e. The number of aromatic nitrogens is 1. The highest BCUT2D eigenvalue weighted by Gasteiger charge is 2.16. The number of nitrogens with zero attached hydrogens (tertiary/aromatic N) is 3. The number of nitriles is 1. The van der Waals surface area contributed by atoms with E-state index in [1.165, 1.54) is 0 Å². The molecule has 19 heavy (non-hydrogen) atoms. The number of likely N-dealkylation sites (tertiary alicyclic amines) is 1. The lowest BCUT2D eigenvalue weighted by Gasteiger charge is -2.15. The molecule has 100 valence electrons. The third kappa shape index (κ3) is 4.04. The number of pyridine rings is 1. The fourth-order valence-corrected chi connectivity index (χ4v) is 2.20. The summed E-state index contributed by atoms with van der Waals surface area (Å²) in [4.78, 5) is 17.6. The van der Waals surface area contributed by atoms with Gasteiger partial charge in [-0.1, -0.05) is 0 Å². The number of hydrogen-bond acceptors (Lipinski definition) is 4. The predicted molar refractivity (Wildman–Crippen MR) is 71.1 cm³/mol. The van der Waals surface area contributed by atoms with Gasteiger partial charge >= 0.3 is 0 Å². The first-order chi connectivity index (χ1) is 9.29. The molecule has 1 fully saturated rings. The van der Waals surface area contributed by atoms with Crippen molar-refractivity contribution < 1.29 is 4.79 Å². The standard InChI is InChI=1S/C14H18N4O/c15-10-13-9-12(3-6-17-13)11-16-5-4-14(19)18-7-1-2-8-18/h3,6,9,16H,1-2,4-5,7-8,11H2. The van der Waals surface area contributed by atoms with Crippen LogP contribution in [0.4, 0.5) is 0 Å². The van der Waals surface area contributed by atoms with Crippen LogP contribution in [0, 0.1) is 11.3 Å². The van der Waals surface area contributed by atoms with Crippen molar-refractivity contribution in [3.63, 3.8) is 0 Å². The smallest absolute Gasteiger partial charge is 0.223 e. The highest BCUT2D eigenvalue weighted by molar-refractivity contribution is 5.76. The first-order valence-corrected chi connectivity index (χ1v) is 6.63. The monoisotopic (exact) mass is 258 g/mol. The molecule has 2 rings (SSSR count). The van der Waals surface area contributed by atoms with Crippen LogP contribution in [-0.4, -0.2) is 35.4 Å². The summed E-state index contributed by atoms with van der Waals surface area (Å²) in [5.41, 5.74) is 1.44. The number of rotatable bonds is 5. The van der Waals surface area contributed by atoms with E-state index in [0.717, 1.165) is 31.5 Å². The van der Waals surface area contributed by atoms with Gasteiger partial charge in [0, 0.05) is 38.8 Å². The normalized spacial score (nSPS) is 14.4. The molecular formula is C14H18N4O. The third-order valence-corrected chi connectivity index (χ3v) is 3.24. The minimum absolute atomic E-state index is 0.234. The molecule has 0 atom stereocenters. The van der Waals surface area contributed by atoms with Gasteiger partial charge in [0.05, 0.1) is 0 Å². The van der Waals surface area contributed by atoms with Crippen LogP contribution in [0.2, 0.25) is 0 Å². The van der Waals surface area contributed by atoms with Crippen molar-refractivity contribution in [2.45, 2.75) is 25.8 Å². The second kappa shape index (κ2) is 6.86. The van der Waals surface area contributed by atoms with Crippen molar-refractivity contribution in [3.05, 3.63) is 29.6 Å². The summed E-state index contributed by atoms with van der Waals surface area (Å²) in [7, 11) is 0. The second-order valence-electron chi connectivity index (χ2n) is 4.68. The summed E-state index contributed by atoms with van der Waals surface area (Å²) in [6.45, 7) is 3.15. The van der Waals surface area contributed by atoms with Gasteiger partial charge in [0.1, 0.15) is 11.8 Å². The molecule has 0 bridgehead atoms. The van der Waals surface area contributed by atoms with Crippen molar-refractivity contribution in [1.82, 2.24) is 15.2 Å². The van der Waals surface area contributed by atoms with E-state index in [2.05, 4.69) is 10.3 Å². The predicted octanol–water partition coefficient (Wildman–Crippen LogP) is 1.06. The van der Waals surface area contributed by atoms with Crippen molar-refractivity contribution in [2.75, 3.05) is 19.6 Å². The van der Waals surface area contributed by atoms with Gasteiger partial charge in [-0.2, -0.15) is 5.26 Å². The lowest BCUT2D eigenvalue weighted by atomic mass is 10.2. The van der Waals surface area contributed by atoms with Gasteiger partial charge in [-0.05, 0) is 30.5 Å². The van der Waals surface area contributed by atoms with Crippen LogP contribution in [0.5, 0.6) is 0 Å². The first kappa shape index (κ1) is 13.5. The quantitative estimate of drug-likeness (QED) is 0.802. The van der Waals surface area contributed by atoms with Gasteiger partial charge in [0.2, 0.25) is 5.91 Å². The number of carbonyl (C=O) groups is 1. The Morgan fingerprint density at radius 2 is 2.26 bits per heavy atom. The first-order valence-electron chi connectivity index (χ1n) is 6.63. The molecule has 5 heteroatoms.